The van der Waals surface area contributed by atoms with Gasteiger partial charge in [-0.1, -0.05) is 0 Å². The normalized spacial score (nSPS) is 6.00. The third kappa shape index (κ3) is 21.4. The van der Waals surface area contributed by atoms with Gasteiger partial charge in [-0.05, 0) is 0 Å². The number of hydrogen-bond donors (Lipinski definition) is 4. The van der Waals surface area contributed by atoms with Gasteiger partial charge in [-0.2, -0.15) is 0 Å². The molecule has 0 radical (unpaired) electrons. The molecule has 48 valence electrons. The molecule has 0 saturated carbocycles. The number of halogens is 2. The Morgan fingerprint density at radius 2 is 1.29 bits per heavy atom. The van der Waals surface area contributed by atoms with E-state index in [2.05, 4.69) is 10.9 Å². The van der Waals surface area contributed by atoms with Gasteiger partial charge in [0.2, 0.25) is 0 Å². The van der Waals surface area contributed by atoms with Crippen molar-refractivity contribution >= 4 is 24.8 Å². The highest BCUT2D eigenvalue weighted by Crippen LogP contribution is 1.19. The van der Waals surface area contributed by atoms with Crippen molar-refractivity contribution in [3.8, 4) is 0 Å². The van der Waals surface area contributed by atoms with Crippen LogP contribution in [0.4, 0.5) is 0 Å². The molecular formula is CH10Cl2N4. The first-order valence-electron chi connectivity index (χ1n) is 1.28. The van der Waals surface area contributed by atoms with E-state index in [0.29, 0.717) is 6.67 Å². The Bertz CT molecular complexity index is 17.2. The first-order chi connectivity index (χ1) is 2.41. The molecule has 0 aromatic rings. The maximum Gasteiger partial charge on any atom is 0.0716 e. The van der Waals surface area contributed by atoms with Crippen LogP contribution in [-0.4, -0.2) is 6.67 Å². The van der Waals surface area contributed by atoms with E-state index in [-0.39, 0.29) is 24.8 Å². The summed E-state index contributed by atoms with van der Waals surface area (Å²) in [5.74, 6) is 9.49. The van der Waals surface area contributed by atoms with Crippen molar-refractivity contribution in [1.29, 1.82) is 0 Å². The minimum absolute atomic E-state index is 0. The second kappa shape index (κ2) is 16.1. The first kappa shape index (κ1) is 15.7. The van der Waals surface area contributed by atoms with E-state index < -0.39 is 0 Å². The smallest absolute Gasteiger partial charge is 0.0716 e. The molecule has 0 aliphatic carbocycles. The lowest BCUT2D eigenvalue weighted by Crippen LogP contribution is -2.37. The topological polar surface area (TPSA) is 76.1 Å². The predicted molar refractivity (Wildman–Crippen MR) is 34.0 cm³/mol. The van der Waals surface area contributed by atoms with E-state index in [1.165, 1.54) is 0 Å². The van der Waals surface area contributed by atoms with Gasteiger partial charge in [-0.15, -0.1) is 24.8 Å². The zero-order valence-electron chi connectivity index (χ0n) is 3.68. The Balaban J connectivity index is -0.0000000800. The van der Waals surface area contributed by atoms with Gasteiger partial charge in [-0.25, -0.2) is 10.9 Å². The molecule has 0 amide bonds. The van der Waals surface area contributed by atoms with E-state index in [9.17, 15) is 0 Å². The van der Waals surface area contributed by atoms with Crippen molar-refractivity contribution in [2.75, 3.05) is 6.67 Å². The van der Waals surface area contributed by atoms with Crippen LogP contribution in [0.2, 0.25) is 0 Å². The average molecular weight is 149 g/mol. The lowest BCUT2D eigenvalue weighted by molar-refractivity contribution is 0.624. The number of rotatable bonds is 2. The molecule has 0 aliphatic rings. The molecule has 6 N–H and O–H groups in total. The summed E-state index contributed by atoms with van der Waals surface area (Å²) in [7, 11) is 0. The Kier molecular flexibility index (Phi) is 36.1. The van der Waals surface area contributed by atoms with Crippen LogP contribution in [0.3, 0.4) is 0 Å². The van der Waals surface area contributed by atoms with Gasteiger partial charge in [0, 0.05) is 0 Å². The Morgan fingerprint density at radius 3 is 1.29 bits per heavy atom. The highest BCUT2D eigenvalue weighted by Gasteiger charge is 1.60. The SMILES string of the molecule is Cl.Cl.NNCNN. The van der Waals surface area contributed by atoms with Crippen molar-refractivity contribution in [3.63, 3.8) is 0 Å². The summed E-state index contributed by atoms with van der Waals surface area (Å²) in [4.78, 5) is 0. The molecule has 0 aromatic carbocycles. The molecule has 0 atom stereocenters. The molecular weight excluding hydrogens is 139 g/mol. The molecule has 0 fully saturated rings. The quantitative estimate of drug-likeness (QED) is 0.224. The number of nitrogens with one attached hydrogen (secondary N) is 2. The molecule has 0 aliphatic heterocycles. The summed E-state index contributed by atoms with van der Waals surface area (Å²) in [5.41, 5.74) is 4.56. The minimum atomic E-state index is 0. The highest BCUT2D eigenvalue weighted by atomic mass is 35.5. The van der Waals surface area contributed by atoms with E-state index in [0.717, 1.165) is 0 Å². The average Bonchev–Trinajstić information content (AvgIpc) is 1.41. The minimum Gasteiger partial charge on any atom is -0.270 e. The van der Waals surface area contributed by atoms with Crippen LogP contribution in [0.5, 0.6) is 0 Å². The van der Waals surface area contributed by atoms with Gasteiger partial charge in [0.1, 0.15) is 0 Å². The van der Waals surface area contributed by atoms with E-state index in [1.54, 1.807) is 0 Å². The summed E-state index contributed by atoms with van der Waals surface area (Å²) in [5, 5.41) is 0. The van der Waals surface area contributed by atoms with E-state index >= 15 is 0 Å². The molecule has 0 unspecified atom stereocenters. The highest BCUT2D eigenvalue weighted by molar-refractivity contribution is 5.85. The standard InChI is InChI=1S/CH8N4.2ClH/c2-4-1-5-3;;/h4-5H,1-3H2;2*1H. The van der Waals surface area contributed by atoms with Gasteiger partial charge in [0.25, 0.3) is 0 Å². The first-order valence-corrected chi connectivity index (χ1v) is 1.28. The third-order valence-corrected chi connectivity index (χ3v) is 0.204. The zero-order chi connectivity index (χ0) is 4.12. The molecule has 4 nitrogen and oxygen atoms in total. The summed E-state index contributed by atoms with van der Waals surface area (Å²) >= 11 is 0. The predicted octanol–water partition coefficient (Wildman–Crippen LogP) is -1.29. The molecule has 0 rings (SSSR count). The summed E-state index contributed by atoms with van der Waals surface area (Å²) in [6.45, 7) is 0.444. The lowest BCUT2D eigenvalue weighted by Gasteiger charge is -1.89. The van der Waals surface area contributed by atoms with Crippen molar-refractivity contribution in [3.05, 3.63) is 0 Å². The van der Waals surface area contributed by atoms with Crippen LogP contribution >= 0.6 is 24.8 Å². The monoisotopic (exact) mass is 148 g/mol. The van der Waals surface area contributed by atoms with Gasteiger partial charge < -0.3 is 0 Å². The van der Waals surface area contributed by atoms with Gasteiger partial charge >= 0.3 is 0 Å². The number of nitrogens with two attached hydrogens (primary N) is 2. The van der Waals surface area contributed by atoms with Crippen molar-refractivity contribution in [1.82, 2.24) is 10.9 Å². The van der Waals surface area contributed by atoms with E-state index in [1.807, 2.05) is 0 Å². The van der Waals surface area contributed by atoms with Crippen molar-refractivity contribution in [2.45, 2.75) is 0 Å². The molecule has 0 bridgehead atoms. The van der Waals surface area contributed by atoms with Gasteiger partial charge in [-0.3, -0.25) is 11.7 Å². The zero-order valence-corrected chi connectivity index (χ0v) is 5.31. The summed E-state index contributed by atoms with van der Waals surface area (Å²) < 4.78 is 0. The van der Waals surface area contributed by atoms with Crippen LogP contribution in [0, 0.1) is 0 Å². The van der Waals surface area contributed by atoms with Crippen LogP contribution < -0.4 is 22.5 Å². The molecule has 0 spiro atoms. The maximum absolute atomic E-state index is 4.75. The maximum atomic E-state index is 4.75. The van der Waals surface area contributed by atoms with E-state index in [4.69, 9.17) is 11.7 Å². The Morgan fingerprint density at radius 1 is 1.00 bits per heavy atom. The lowest BCUT2D eigenvalue weighted by atomic mass is 11.2. The fraction of sp³-hybridized carbons (Fsp3) is 1.00. The summed E-state index contributed by atoms with van der Waals surface area (Å²) in [6, 6.07) is 0. The molecule has 0 heterocycles. The van der Waals surface area contributed by atoms with Crippen LogP contribution in [0.25, 0.3) is 0 Å². The second-order valence-electron chi connectivity index (χ2n) is 0.585. The van der Waals surface area contributed by atoms with Crippen LogP contribution in [-0.2, 0) is 0 Å². The summed E-state index contributed by atoms with van der Waals surface area (Å²) in [6.07, 6.45) is 0. The Hall–Kier alpha value is 0.420. The fourth-order valence-electron chi connectivity index (χ4n) is 0.0589. The van der Waals surface area contributed by atoms with Gasteiger partial charge in [0.15, 0.2) is 0 Å². The largest absolute Gasteiger partial charge is 0.270 e. The van der Waals surface area contributed by atoms with Crippen molar-refractivity contribution < 1.29 is 0 Å². The Labute approximate surface area is 54.8 Å². The molecule has 6 heteroatoms. The van der Waals surface area contributed by atoms with Crippen LogP contribution in [0.1, 0.15) is 0 Å². The number of hydrazine groups is 2. The molecule has 0 saturated heterocycles. The van der Waals surface area contributed by atoms with Crippen LogP contribution in [0.15, 0.2) is 0 Å². The van der Waals surface area contributed by atoms with Gasteiger partial charge in [0.05, 0.1) is 6.67 Å². The molecule has 7 heavy (non-hydrogen) atoms. The fourth-order valence-corrected chi connectivity index (χ4v) is 0.0589. The molecule has 0 aromatic heterocycles. The van der Waals surface area contributed by atoms with Crippen molar-refractivity contribution in [2.24, 2.45) is 11.7 Å². The number of hydrogen-bond acceptors (Lipinski definition) is 4. The second-order valence-corrected chi connectivity index (χ2v) is 0.585. The third-order valence-electron chi connectivity index (χ3n) is 0.204.